The number of ether oxygens (including phenoxy) is 2. The molecule has 6 heteroatoms. The summed E-state index contributed by atoms with van der Waals surface area (Å²) in [7, 11) is 1.31. The molecule has 0 saturated carbocycles. The van der Waals surface area contributed by atoms with Gasteiger partial charge < -0.3 is 19.4 Å². The molecule has 0 fully saturated rings. The molecule has 158 valence electrons. The molecule has 2 aromatic carbocycles. The Labute approximate surface area is 176 Å². The number of rotatable bonds is 6. The highest BCUT2D eigenvalue weighted by Crippen LogP contribution is 2.23. The molecule has 0 unspecified atom stereocenters. The zero-order chi connectivity index (χ0) is 21.7. The maximum absolute atomic E-state index is 12.4. The molecule has 1 aromatic heterocycles. The van der Waals surface area contributed by atoms with E-state index in [0.29, 0.717) is 6.54 Å². The van der Waals surface area contributed by atoms with E-state index < -0.39 is 23.7 Å². The number of nitrogens with zero attached hydrogens (tertiary/aromatic N) is 1. The predicted octanol–water partition coefficient (Wildman–Crippen LogP) is 4.30. The van der Waals surface area contributed by atoms with Crippen molar-refractivity contribution in [3.63, 3.8) is 0 Å². The van der Waals surface area contributed by atoms with Gasteiger partial charge in [0.25, 0.3) is 0 Å². The Morgan fingerprint density at radius 1 is 1.03 bits per heavy atom. The average molecular weight is 408 g/mol. The number of nitrogens with one attached hydrogen (secondary N) is 1. The van der Waals surface area contributed by atoms with Gasteiger partial charge in [-0.2, -0.15) is 0 Å². The highest BCUT2D eigenvalue weighted by Gasteiger charge is 2.27. The van der Waals surface area contributed by atoms with Gasteiger partial charge in [-0.25, -0.2) is 9.59 Å². The molecule has 3 rings (SSSR count). The van der Waals surface area contributed by atoms with Crippen LogP contribution in [-0.4, -0.2) is 35.4 Å². The number of fused-ring (bicyclic) bond motifs is 1. The normalized spacial score (nSPS) is 12.4. The molecule has 0 radical (unpaired) electrons. The summed E-state index contributed by atoms with van der Waals surface area (Å²) in [6.45, 7) is 5.98. The van der Waals surface area contributed by atoms with E-state index >= 15 is 0 Å². The molecule has 0 aliphatic heterocycles. The van der Waals surface area contributed by atoms with Crippen LogP contribution in [0.4, 0.5) is 4.79 Å². The minimum atomic E-state index is -0.858. The van der Waals surface area contributed by atoms with Gasteiger partial charge in [0.1, 0.15) is 11.6 Å². The minimum absolute atomic E-state index is 0.285. The Hall–Kier alpha value is -3.28. The zero-order valence-electron chi connectivity index (χ0n) is 17.8. The lowest BCUT2D eigenvalue weighted by Crippen LogP contribution is -2.45. The highest BCUT2D eigenvalue weighted by molar-refractivity contribution is 5.84. The van der Waals surface area contributed by atoms with Gasteiger partial charge in [0.05, 0.1) is 7.11 Å². The van der Waals surface area contributed by atoms with Crippen molar-refractivity contribution in [2.75, 3.05) is 7.11 Å². The average Bonchev–Trinajstić information content (AvgIpc) is 3.03. The lowest BCUT2D eigenvalue weighted by atomic mass is 10.1. The van der Waals surface area contributed by atoms with Crippen LogP contribution in [0.3, 0.4) is 0 Å². The van der Waals surface area contributed by atoms with Crippen molar-refractivity contribution in [3.8, 4) is 0 Å². The van der Waals surface area contributed by atoms with Gasteiger partial charge in [0, 0.05) is 24.2 Å². The second kappa shape index (κ2) is 9.03. The van der Waals surface area contributed by atoms with Crippen LogP contribution in [0.25, 0.3) is 10.9 Å². The fraction of sp³-hybridized carbons (Fsp3) is 0.333. The van der Waals surface area contributed by atoms with Crippen LogP contribution in [0, 0.1) is 0 Å². The predicted molar refractivity (Wildman–Crippen MR) is 116 cm³/mol. The Morgan fingerprint density at radius 2 is 1.70 bits per heavy atom. The number of esters is 1. The first-order valence-electron chi connectivity index (χ1n) is 9.95. The van der Waals surface area contributed by atoms with Crippen molar-refractivity contribution in [2.45, 2.75) is 45.4 Å². The Kier molecular flexibility index (Phi) is 6.45. The van der Waals surface area contributed by atoms with Crippen LogP contribution in [-0.2, 0) is 27.2 Å². The van der Waals surface area contributed by atoms with Crippen LogP contribution >= 0.6 is 0 Å². The van der Waals surface area contributed by atoms with Gasteiger partial charge in [0.2, 0.25) is 0 Å². The zero-order valence-corrected chi connectivity index (χ0v) is 17.8. The van der Waals surface area contributed by atoms with Crippen molar-refractivity contribution in [1.82, 2.24) is 9.88 Å². The quantitative estimate of drug-likeness (QED) is 0.618. The number of methoxy groups -OCH3 is 1. The number of benzene rings is 2. The number of para-hydroxylation sites is 1. The van der Waals surface area contributed by atoms with Gasteiger partial charge >= 0.3 is 12.1 Å². The maximum Gasteiger partial charge on any atom is 0.408 e. The number of aromatic nitrogens is 1. The minimum Gasteiger partial charge on any atom is -0.467 e. The summed E-state index contributed by atoms with van der Waals surface area (Å²) in [5.74, 6) is -0.516. The summed E-state index contributed by atoms with van der Waals surface area (Å²) in [6.07, 6.45) is -0.364. The van der Waals surface area contributed by atoms with Crippen LogP contribution in [0.15, 0.2) is 60.7 Å². The highest BCUT2D eigenvalue weighted by atomic mass is 16.6. The lowest BCUT2D eigenvalue weighted by Gasteiger charge is -2.23. The first kappa shape index (κ1) is 21.4. The third-order valence-corrected chi connectivity index (χ3v) is 4.67. The molecule has 0 aliphatic carbocycles. The molecule has 0 spiro atoms. The topological polar surface area (TPSA) is 69.6 Å². The van der Waals surface area contributed by atoms with Gasteiger partial charge in [0.15, 0.2) is 0 Å². The molecule has 0 aliphatic rings. The SMILES string of the molecule is COC(=O)[C@H](Cc1cc2ccccc2n1Cc1ccccc1)NC(=O)OC(C)(C)C. The van der Waals surface area contributed by atoms with Crippen molar-refractivity contribution < 1.29 is 19.1 Å². The number of alkyl carbamates (subject to hydrolysis) is 1. The summed E-state index contributed by atoms with van der Waals surface area (Å²) < 4.78 is 12.4. The van der Waals surface area contributed by atoms with Crippen LogP contribution < -0.4 is 5.32 Å². The molecule has 30 heavy (non-hydrogen) atoms. The molecule has 0 saturated heterocycles. The van der Waals surface area contributed by atoms with Gasteiger partial charge in [-0.05, 0) is 43.9 Å². The first-order chi connectivity index (χ1) is 14.3. The Balaban J connectivity index is 1.92. The lowest BCUT2D eigenvalue weighted by molar-refractivity contribution is -0.143. The van der Waals surface area contributed by atoms with E-state index in [9.17, 15) is 9.59 Å². The smallest absolute Gasteiger partial charge is 0.408 e. The van der Waals surface area contributed by atoms with Gasteiger partial charge in [-0.1, -0.05) is 48.5 Å². The van der Waals surface area contributed by atoms with E-state index in [1.54, 1.807) is 20.8 Å². The second-order valence-electron chi connectivity index (χ2n) is 8.19. The summed E-state index contributed by atoms with van der Waals surface area (Å²) in [6, 6.07) is 19.4. The molecular formula is C24H28N2O4. The van der Waals surface area contributed by atoms with Crippen molar-refractivity contribution >= 4 is 23.0 Å². The van der Waals surface area contributed by atoms with E-state index in [1.807, 2.05) is 42.5 Å². The summed E-state index contributed by atoms with van der Waals surface area (Å²) in [5, 5.41) is 3.73. The van der Waals surface area contributed by atoms with Crippen molar-refractivity contribution in [3.05, 3.63) is 71.9 Å². The molecule has 3 aromatic rings. The maximum atomic E-state index is 12.4. The summed E-state index contributed by atoms with van der Waals surface area (Å²) in [5.41, 5.74) is 2.48. The molecule has 0 bridgehead atoms. The van der Waals surface area contributed by atoms with E-state index in [4.69, 9.17) is 9.47 Å². The third kappa shape index (κ3) is 5.41. The largest absolute Gasteiger partial charge is 0.467 e. The van der Waals surface area contributed by atoms with E-state index in [2.05, 4.69) is 28.1 Å². The van der Waals surface area contributed by atoms with E-state index in [1.165, 1.54) is 7.11 Å². The number of hydrogen-bond donors (Lipinski definition) is 1. The monoisotopic (exact) mass is 408 g/mol. The number of amides is 1. The molecular weight excluding hydrogens is 380 g/mol. The van der Waals surface area contributed by atoms with E-state index in [-0.39, 0.29) is 6.42 Å². The fourth-order valence-electron chi connectivity index (χ4n) is 3.38. The number of carbonyl (C=O) groups excluding carboxylic acids is 2. The fourth-order valence-corrected chi connectivity index (χ4v) is 3.38. The van der Waals surface area contributed by atoms with Crippen molar-refractivity contribution in [2.24, 2.45) is 0 Å². The Morgan fingerprint density at radius 3 is 2.37 bits per heavy atom. The summed E-state index contributed by atoms with van der Waals surface area (Å²) >= 11 is 0. The van der Waals surface area contributed by atoms with Crippen LogP contribution in [0.1, 0.15) is 32.0 Å². The van der Waals surface area contributed by atoms with Crippen LogP contribution in [0.2, 0.25) is 0 Å². The molecule has 1 N–H and O–H groups in total. The molecule has 1 atom stereocenters. The molecule has 6 nitrogen and oxygen atoms in total. The third-order valence-electron chi connectivity index (χ3n) is 4.67. The number of hydrogen-bond acceptors (Lipinski definition) is 4. The second-order valence-corrected chi connectivity index (χ2v) is 8.19. The molecule has 1 amide bonds. The first-order valence-corrected chi connectivity index (χ1v) is 9.95. The Bertz CT molecular complexity index is 1020. The number of carbonyl (C=O) groups is 2. The summed E-state index contributed by atoms with van der Waals surface area (Å²) in [4.78, 5) is 24.7. The standard InChI is InChI=1S/C24H28N2O4/c1-24(2,3)30-23(28)25-20(22(27)29-4)15-19-14-18-12-8-9-13-21(18)26(19)16-17-10-6-5-7-11-17/h5-14,20H,15-16H2,1-4H3,(H,25,28)/t20-/m0/s1. The van der Waals surface area contributed by atoms with E-state index in [0.717, 1.165) is 22.2 Å². The van der Waals surface area contributed by atoms with Gasteiger partial charge in [-0.3, -0.25) is 0 Å². The van der Waals surface area contributed by atoms with Gasteiger partial charge in [-0.15, -0.1) is 0 Å². The van der Waals surface area contributed by atoms with Crippen LogP contribution in [0.5, 0.6) is 0 Å². The van der Waals surface area contributed by atoms with Crippen molar-refractivity contribution in [1.29, 1.82) is 0 Å². The molecule has 1 heterocycles.